The predicted octanol–water partition coefficient (Wildman–Crippen LogP) is 1.75. The molecule has 0 aromatic carbocycles. The molecule has 1 saturated carbocycles. The van der Waals surface area contributed by atoms with Crippen LogP contribution in [0, 0.1) is 5.92 Å². The van der Waals surface area contributed by atoms with E-state index < -0.39 is 20.5 Å². The van der Waals surface area contributed by atoms with Crippen molar-refractivity contribution >= 4 is 8.32 Å². The molecule has 0 aliphatic heterocycles. The molecule has 1 fully saturated rings. The van der Waals surface area contributed by atoms with Crippen LogP contribution in [0.15, 0.2) is 0 Å². The third-order valence-corrected chi connectivity index (χ3v) is 6.19. The maximum absolute atomic E-state index is 9.56. The van der Waals surface area contributed by atoms with Gasteiger partial charge in [0.15, 0.2) is 8.32 Å². The summed E-state index contributed by atoms with van der Waals surface area (Å²) in [6, 6.07) is 1.15. The lowest BCUT2D eigenvalue weighted by molar-refractivity contribution is -0.0259. The number of aliphatic hydroxyl groups is 2. The maximum Gasteiger partial charge on any atom is 0.186 e. The van der Waals surface area contributed by atoms with Crippen molar-refractivity contribution in [3.63, 3.8) is 0 Å². The molecule has 0 amide bonds. The van der Waals surface area contributed by atoms with E-state index in [1.165, 1.54) is 0 Å². The molecule has 90 valence electrons. The molecular weight excluding hydrogens is 208 g/mol. The van der Waals surface area contributed by atoms with Crippen molar-refractivity contribution in [3.8, 4) is 0 Å². The summed E-state index contributed by atoms with van der Waals surface area (Å²) in [5, 5.41) is 19.0. The molecule has 0 spiro atoms. The minimum absolute atomic E-state index is 0.492. The molecule has 1 rings (SSSR count). The van der Waals surface area contributed by atoms with Gasteiger partial charge in [-0.3, -0.25) is 0 Å². The summed E-state index contributed by atoms with van der Waals surface area (Å²) in [4.78, 5) is 0. The van der Waals surface area contributed by atoms with E-state index in [0.717, 1.165) is 31.7 Å². The van der Waals surface area contributed by atoms with Crippen molar-refractivity contribution < 1.29 is 14.6 Å². The highest BCUT2D eigenvalue weighted by atomic mass is 28.4. The number of hydrogen-bond donors (Lipinski definition) is 2. The molecule has 0 aromatic rings. The minimum Gasteiger partial charge on any atom is -0.420 e. The zero-order valence-electron chi connectivity index (χ0n) is 10.1. The Morgan fingerprint density at radius 2 is 1.87 bits per heavy atom. The van der Waals surface area contributed by atoms with Crippen molar-refractivity contribution in [1.82, 2.24) is 0 Å². The van der Waals surface area contributed by atoms with E-state index in [2.05, 4.69) is 13.1 Å². The van der Waals surface area contributed by atoms with Crippen LogP contribution in [-0.2, 0) is 4.43 Å². The van der Waals surface area contributed by atoms with Crippen LogP contribution >= 0.6 is 0 Å². The average Bonchev–Trinajstić information content (AvgIpc) is 2.20. The zero-order chi connectivity index (χ0) is 11.5. The SMILES string of the molecule is CO[Si](C)(C)CCC1CCC(O)C(O)C1. The molecule has 3 unspecified atom stereocenters. The number of hydrogen-bond acceptors (Lipinski definition) is 3. The molecule has 0 aromatic heterocycles. The van der Waals surface area contributed by atoms with Crippen LogP contribution in [0.4, 0.5) is 0 Å². The largest absolute Gasteiger partial charge is 0.420 e. The van der Waals surface area contributed by atoms with Gasteiger partial charge in [0.05, 0.1) is 12.2 Å². The fourth-order valence-electron chi connectivity index (χ4n) is 2.13. The van der Waals surface area contributed by atoms with Gasteiger partial charge in [0, 0.05) is 7.11 Å². The van der Waals surface area contributed by atoms with E-state index in [9.17, 15) is 10.2 Å². The second-order valence-corrected chi connectivity index (χ2v) is 9.74. The van der Waals surface area contributed by atoms with Gasteiger partial charge in [-0.05, 0) is 44.3 Å². The first-order valence-corrected chi connectivity index (χ1v) is 8.97. The molecular formula is C11H24O3Si. The van der Waals surface area contributed by atoms with Crippen molar-refractivity contribution in [2.45, 2.75) is 57.0 Å². The Bertz CT molecular complexity index is 196. The second-order valence-electron chi connectivity index (χ2n) is 5.32. The van der Waals surface area contributed by atoms with Crippen LogP contribution in [0.25, 0.3) is 0 Å². The van der Waals surface area contributed by atoms with Crippen molar-refractivity contribution in [2.75, 3.05) is 7.11 Å². The third-order valence-electron chi connectivity index (χ3n) is 3.60. The summed E-state index contributed by atoms with van der Waals surface area (Å²) in [6.45, 7) is 4.45. The van der Waals surface area contributed by atoms with E-state index in [4.69, 9.17) is 4.43 Å². The van der Waals surface area contributed by atoms with Crippen LogP contribution in [-0.4, -0.2) is 37.8 Å². The molecule has 0 heterocycles. The topological polar surface area (TPSA) is 49.7 Å². The van der Waals surface area contributed by atoms with E-state index in [1.807, 2.05) is 0 Å². The summed E-state index contributed by atoms with van der Waals surface area (Å²) < 4.78 is 5.50. The average molecular weight is 232 g/mol. The Kier molecular flexibility index (Phi) is 4.77. The zero-order valence-corrected chi connectivity index (χ0v) is 11.1. The van der Waals surface area contributed by atoms with Gasteiger partial charge in [0.1, 0.15) is 0 Å². The Balaban J connectivity index is 2.28. The van der Waals surface area contributed by atoms with Gasteiger partial charge in [-0.15, -0.1) is 0 Å². The highest BCUT2D eigenvalue weighted by molar-refractivity contribution is 6.71. The number of rotatable bonds is 4. The first-order valence-electron chi connectivity index (χ1n) is 5.86. The standard InChI is InChI=1S/C11H24O3Si/c1-14-15(2,3)7-6-9-4-5-10(12)11(13)8-9/h9-13H,4-8H2,1-3H3. The van der Waals surface area contributed by atoms with Gasteiger partial charge in [-0.25, -0.2) is 0 Å². The molecule has 1 aliphatic carbocycles. The number of aliphatic hydroxyl groups excluding tert-OH is 2. The Labute approximate surface area is 93.6 Å². The lowest BCUT2D eigenvalue weighted by Gasteiger charge is -2.31. The smallest absolute Gasteiger partial charge is 0.186 e. The predicted molar refractivity (Wildman–Crippen MR) is 63.3 cm³/mol. The summed E-state index contributed by atoms with van der Waals surface area (Å²) in [7, 11) is 0.353. The van der Waals surface area contributed by atoms with Gasteiger partial charge in [0.2, 0.25) is 0 Å². The van der Waals surface area contributed by atoms with E-state index in [1.54, 1.807) is 7.11 Å². The van der Waals surface area contributed by atoms with Crippen LogP contribution in [0.5, 0.6) is 0 Å². The summed E-state index contributed by atoms with van der Waals surface area (Å²) in [5.74, 6) is 0.574. The van der Waals surface area contributed by atoms with Gasteiger partial charge in [0.25, 0.3) is 0 Å². The first kappa shape index (κ1) is 13.2. The summed E-state index contributed by atoms with van der Waals surface area (Å²) >= 11 is 0. The fourth-order valence-corrected chi connectivity index (χ4v) is 3.44. The van der Waals surface area contributed by atoms with Crippen molar-refractivity contribution in [1.29, 1.82) is 0 Å². The van der Waals surface area contributed by atoms with Gasteiger partial charge >= 0.3 is 0 Å². The Morgan fingerprint density at radius 3 is 2.40 bits per heavy atom. The van der Waals surface area contributed by atoms with Crippen molar-refractivity contribution in [3.05, 3.63) is 0 Å². The Hall–Kier alpha value is 0.0969. The van der Waals surface area contributed by atoms with Crippen LogP contribution in [0.3, 0.4) is 0 Å². The van der Waals surface area contributed by atoms with Gasteiger partial charge < -0.3 is 14.6 Å². The fraction of sp³-hybridized carbons (Fsp3) is 1.00. The molecule has 2 N–H and O–H groups in total. The molecule has 4 heteroatoms. The highest BCUT2D eigenvalue weighted by Gasteiger charge is 2.29. The third kappa shape index (κ3) is 4.22. The lowest BCUT2D eigenvalue weighted by atomic mass is 9.84. The van der Waals surface area contributed by atoms with Crippen LogP contribution < -0.4 is 0 Å². The molecule has 0 radical (unpaired) electrons. The van der Waals surface area contributed by atoms with E-state index in [-0.39, 0.29) is 0 Å². The molecule has 3 atom stereocenters. The molecule has 1 aliphatic rings. The molecule has 3 nitrogen and oxygen atoms in total. The van der Waals surface area contributed by atoms with Crippen LogP contribution in [0.2, 0.25) is 19.1 Å². The lowest BCUT2D eigenvalue weighted by Crippen LogP contribution is -2.35. The monoisotopic (exact) mass is 232 g/mol. The normalized spacial score (nSPS) is 33.0. The van der Waals surface area contributed by atoms with Crippen molar-refractivity contribution in [2.24, 2.45) is 5.92 Å². The van der Waals surface area contributed by atoms with Gasteiger partial charge in [-0.2, -0.15) is 0 Å². The quantitative estimate of drug-likeness (QED) is 0.726. The molecule has 0 bridgehead atoms. The van der Waals surface area contributed by atoms with Gasteiger partial charge in [-0.1, -0.05) is 6.42 Å². The summed E-state index contributed by atoms with van der Waals surface area (Å²) in [5.41, 5.74) is 0. The highest BCUT2D eigenvalue weighted by Crippen LogP contribution is 2.30. The van der Waals surface area contributed by atoms with E-state index in [0.29, 0.717) is 5.92 Å². The summed E-state index contributed by atoms with van der Waals surface area (Å²) in [6.07, 6.45) is 2.70. The van der Waals surface area contributed by atoms with E-state index >= 15 is 0 Å². The minimum atomic E-state index is -1.44. The second kappa shape index (κ2) is 5.43. The molecule has 15 heavy (non-hydrogen) atoms. The first-order chi connectivity index (χ1) is 6.94. The molecule has 0 saturated heterocycles. The van der Waals surface area contributed by atoms with Crippen LogP contribution in [0.1, 0.15) is 25.7 Å². The maximum atomic E-state index is 9.56. The Morgan fingerprint density at radius 1 is 1.20 bits per heavy atom.